The van der Waals surface area contributed by atoms with Crippen LogP contribution in [0, 0.1) is 5.92 Å². The monoisotopic (exact) mass is 552 g/mol. The number of benzene rings is 2. The van der Waals surface area contributed by atoms with Crippen molar-refractivity contribution < 1.29 is 24.6 Å². The smallest absolute Gasteiger partial charge is 0.243 e. The molecule has 3 amide bonds. The number of nitrogens with two attached hydrogens (primary N) is 2. The zero-order valence-electron chi connectivity index (χ0n) is 22.6. The van der Waals surface area contributed by atoms with Crippen LogP contribution in [-0.2, 0) is 27.2 Å². The maximum absolute atomic E-state index is 13.4. The third-order valence-electron chi connectivity index (χ3n) is 7.62. The van der Waals surface area contributed by atoms with E-state index in [1.165, 1.54) is 6.07 Å². The minimum atomic E-state index is -1.03. The molecular formula is C29H40N6O5. The molecule has 1 fully saturated rings. The molecule has 11 heteroatoms. The normalized spacial score (nSPS) is 23.8. The van der Waals surface area contributed by atoms with E-state index in [1.807, 2.05) is 0 Å². The number of nitrogens with one attached hydrogen (secondary N) is 4. The number of hydrogen-bond donors (Lipinski definition) is 8. The van der Waals surface area contributed by atoms with E-state index in [2.05, 4.69) is 21.3 Å². The van der Waals surface area contributed by atoms with Gasteiger partial charge in [0.15, 0.2) is 0 Å². The highest BCUT2D eigenvalue weighted by atomic mass is 16.3. The van der Waals surface area contributed by atoms with Gasteiger partial charge in [0.1, 0.15) is 23.6 Å². The van der Waals surface area contributed by atoms with Crippen LogP contribution in [-0.4, -0.2) is 72.2 Å². The van der Waals surface area contributed by atoms with Crippen molar-refractivity contribution in [1.82, 2.24) is 21.3 Å². The number of fused-ring (bicyclic) bond motifs is 5. The molecule has 0 radical (unpaired) electrons. The second kappa shape index (κ2) is 13.6. The second-order valence-corrected chi connectivity index (χ2v) is 10.7. The molecule has 216 valence electrons. The van der Waals surface area contributed by atoms with Gasteiger partial charge in [-0.15, -0.1) is 0 Å². The van der Waals surface area contributed by atoms with Gasteiger partial charge in [0.2, 0.25) is 17.7 Å². The van der Waals surface area contributed by atoms with Crippen molar-refractivity contribution in [3.8, 4) is 22.6 Å². The molecule has 2 heterocycles. The van der Waals surface area contributed by atoms with Gasteiger partial charge in [0.25, 0.3) is 0 Å². The molecule has 4 atom stereocenters. The Morgan fingerprint density at radius 2 is 1.65 bits per heavy atom. The van der Waals surface area contributed by atoms with Crippen LogP contribution in [0.25, 0.3) is 11.1 Å². The van der Waals surface area contributed by atoms with Crippen molar-refractivity contribution in [3.05, 3.63) is 47.5 Å². The molecule has 0 saturated carbocycles. The average molecular weight is 553 g/mol. The van der Waals surface area contributed by atoms with E-state index in [-0.39, 0.29) is 42.6 Å². The first kappa shape index (κ1) is 29.3. The molecule has 4 rings (SSSR count). The van der Waals surface area contributed by atoms with Gasteiger partial charge in [-0.3, -0.25) is 14.4 Å². The Morgan fingerprint density at radius 3 is 2.27 bits per heavy atom. The Bertz CT molecular complexity index is 1220. The molecular weight excluding hydrogens is 512 g/mol. The zero-order valence-corrected chi connectivity index (χ0v) is 22.6. The molecule has 0 spiro atoms. The summed E-state index contributed by atoms with van der Waals surface area (Å²) in [5, 5.41) is 32.9. The molecule has 1 saturated heterocycles. The zero-order chi connectivity index (χ0) is 28.6. The summed E-state index contributed by atoms with van der Waals surface area (Å²) >= 11 is 0. The van der Waals surface area contributed by atoms with E-state index >= 15 is 0 Å². The summed E-state index contributed by atoms with van der Waals surface area (Å²) < 4.78 is 0. The van der Waals surface area contributed by atoms with Gasteiger partial charge in [-0.2, -0.15) is 0 Å². The van der Waals surface area contributed by atoms with Gasteiger partial charge in [-0.25, -0.2) is 0 Å². The standard InChI is InChI=1S/C29H40N6O5/c30-9-1-4-23-29(40)35-24(28(39)33-16-17-3-2-10-32-15-17)14-21-12-19(6-8-26(21)37)18-5-7-25(36)20(11-18)13-22(31)27(38)34-23/h5-8,11-12,17,22-24,32,36-37H,1-4,9-10,13-16,30-31H2,(H,33,39)(H,34,38)(H,35,40)/t17?,22-,23+,24+/m1/s1. The fourth-order valence-electron chi connectivity index (χ4n) is 5.22. The van der Waals surface area contributed by atoms with Crippen LogP contribution >= 0.6 is 0 Å². The van der Waals surface area contributed by atoms with Crippen LogP contribution in [0.5, 0.6) is 11.5 Å². The van der Waals surface area contributed by atoms with Crippen molar-refractivity contribution in [1.29, 1.82) is 0 Å². The summed E-state index contributed by atoms with van der Waals surface area (Å²) in [6.07, 6.45) is 2.82. The Hall–Kier alpha value is -3.67. The molecule has 2 aliphatic heterocycles. The summed E-state index contributed by atoms with van der Waals surface area (Å²) in [7, 11) is 0. The molecule has 2 aromatic carbocycles. The lowest BCUT2D eigenvalue weighted by molar-refractivity contribution is -0.132. The first-order valence-corrected chi connectivity index (χ1v) is 13.9. The predicted octanol–water partition coefficient (Wildman–Crippen LogP) is 0.0150. The Morgan fingerprint density at radius 1 is 0.975 bits per heavy atom. The van der Waals surface area contributed by atoms with E-state index in [0.717, 1.165) is 37.1 Å². The molecule has 11 nitrogen and oxygen atoms in total. The van der Waals surface area contributed by atoms with E-state index < -0.39 is 29.9 Å². The van der Waals surface area contributed by atoms with Gasteiger partial charge in [-0.1, -0.05) is 12.1 Å². The third kappa shape index (κ3) is 7.50. The lowest BCUT2D eigenvalue weighted by atomic mass is 9.95. The summed E-state index contributed by atoms with van der Waals surface area (Å²) in [6.45, 7) is 2.54. The lowest BCUT2D eigenvalue weighted by Crippen LogP contribution is -2.57. The Balaban J connectivity index is 1.69. The topological polar surface area (TPSA) is 192 Å². The number of amides is 3. The number of rotatable bonds is 6. The van der Waals surface area contributed by atoms with Crippen LogP contribution < -0.4 is 32.7 Å². The van der Waals surface area contributed by atoms with Gasteiger partial charge >= 0.3 is 0 Å². The second-order valence-electron chi connectivity index (χ2n) is 10.7. The number of phenols is 2. The number of carbonyl (C=O) groups excluding carboxylic acids is 3. The number of aromatic hydroxyl groups is 2. The fourth-order valence-corrected chi connectivity index (χ4v) is 5.22. The summed E-state index contributed by atoms with van der Waals surface area (Å²) in [6, 6.07) is 7.04. The summed E-state index contributed by atoms with van der Waals surface area (Å²) in [4.78, 5) is 39.9. The number of hydrogen-bond acceptors (Lipinski definition) is 8. The molecule has 0 aliphatic carbocycles. The van der Waals surface area contributed by atoms with E-state index in [4.69, 9.17) is 11.5 Å². The van der Waals surface area contributed by atoms with Crippen molar-refractivity contribution in [3.63, 3.8) is 0 Å². The lowest BCUT2D eigenvalue weighted by Gasteiger charge is -2.26. The first-order chi connectivity index (χ1) is 19.2. The highest BCUT2D eigenvalue weighted by Crippen LogP contribution is 2.31. The number of carbonyl (C=O) groups is 3. The summed E-state index contributed by atoms with van der Waals surface area (Å²) in [5.74, 6) is -1.19. The molecule has 40 heavy (non-hydrogen) atoms. The van der Waals surface area contributed by atoms with Crippen LogP contribution in [0.15, 0.2) is 36.4 Å². The van der Waals surface area contributed by atoms with Crippen LogP contribution in [0.1, 0.15) is 36.8 Å². The minimum absolute atomic E-state index is 0.00218. The van der Waals surface area contributed by atoms with Crippen molar-refractivity contribution in [2.75, 3.05) is 26.2 Å². The molecule has 4 bridgehead atoms. The molecule has 2 aromatic rings. The van der Waals surface area contributed by atoms with Gasteiger partial charge in [0.05, 0.1) is 6.04 Å². The highest BCUT2D eigenvalue weighted by Gasteiger charge is 2.30. The van der Waals surface area contributed by atoms with E-state index in [1.54, 1.807) is 30.3 Å². The molecule has 1 unspecified atom stereocenters. The van der Waals surface area contributed by atoms with Gasteiger partial charge in [-0.05, 0) is 97.8 Å². The number of piperidine rings is 1. The molecule has 10 N–H and O–H groups in total. The highest BCUT2D eigenvalue weighted by molar-refractivity contribution is 5.93. The number of phenolic OH excluding ortho intramolecular Hbond substituents is 2. The van der Waals surface area contributed by atoms with Crippen molar-refractivity contribution in [2.45, 2.75) is 56.7 Å². The first-order valence-electron chi connectivity index (χ1n) is 13.9. The van der Waals surface area contributed by atoms with E-state index in [0.29, 0.717) is 30.6 Å². The molecule has 2 aliphatic rings. The minimum Gasteiger partial charge on any atom is -0.508 e. The predicted molar refractivity (Wildman–Crippen MR) is 151 cm³/mol. The molecule has 0 aromatic heterocycles. The SMILES string of the molecule is NCCC[C@@H]1NC(=O)[C@H](N)Cc2cc(ccc2O)-c2ccc(O)c(c2)C[C@@H](C(=O)NCC2CCCNC2)NC1=O. The Kier molecular flexibility index (Phi) is 9.97. The largest absolute Gasteiger partial charge is 0.508 e. The maximum Gasteiger partial charge on any atom is 0.243 e. The van der Waals surface area contributed by atoms with Crippen molar-refractivity contribution >= 4 is 17.7 Å². The summed E-state index contributed by atoms with van der Waals surface area (Å²) in [5.41, 5.74) is 14.3. The van der Waals surface area contributed by atoms with Crippen LogP contribution in [0.4, 0.5) is 0 Å². The maximum atomic E-state index is 13.4. The quantitative estimate of drug-likeness (QED) is 0.246. The fraction of sp³-hybridized carbons (Fsp3) is 0.483. The van der Waals surface area contributed by atoms with E-state index in [9.17, 15) is 24.6 Å². The Labute approximate surface area is 234 Å². The van der Waals surface area contributed by atoms with Gasteiger partial charge < -0.3 is 42.9 Å². The average Bonchev–Trinajstić information content (AvgIpc) is 2.95. The van der Waals surface area contributed by atoms with Crippen molar-refractivity contribution in [2.24, 2.45) is 17.4 Å². The third-order valence-corrected chi connectivity index (χ3v) is 7.62. The van der Waals surface area contributed by atoms with Crippen LogP contribution in [0.3, 0.4) is 0 Å². The van der Waals surface area contributed by atoms with Gasteiger partial charge in [0, 0.05) is 19.4 Å². The van der Waals surface area contributed by atoms with Crippen LogP contribution in [0.2, 0.25) is 0 Å².